The van der Waals surface area contributed by atoms with E-state index in [0.717, 1.165) is 49.4 Å². The van der Waals surface area contributed by atoms with E-state index in [2.05, 4.69) is 28.1 Å². The number of halogens is 1. The first-order valence-electron chi connectivity index (χ1n) is 26.2. The molecule has 2 aliphatic heterocycles. The van der Waals surface area contributed by atoms with Crippen LogP contribution in [0.15, 0.2) is 170 Å². The van der Waals surface area contributed by atoms with E-state index in [1.807, 2.05) is 127 Å². The van der Waals surface area contributed by atoms with Crippen LogP contribution in [0.2, 0.25) is 0 Å². The van der Waals surface area contributed by atoms with Crippen LogP contribution in [0, 0.1) is 5.82 Å². The molecule has 3 heterocycles. The highest BCUT2D eigenvalue weighted by Gasteiger charge is 2.47. The molecule has 0 saturated carbocycles. The third-order valence-corrected chi connectivity index (χ3v) is 15.8. The first-order valence-corrected chi connectivity index (χ1v) is 27.0. The molecule has 7 aromatic rings. The predicted molar refractivity (Wildman–Crippen MR) is 293 cm³/mol. The quantitative estimate of drug-likeness (QED) is 0.0908. The van der Waals surface area contributed by atoms with E-state index >= 15 is 4.79 Å². The molecule has 15 heteroatoms. The third-order valence-electron chi connectivity index (χ3n) is 14.7. The van der Waals surface area contributed by atoms with Crippen molar-refractivity contribution in [3.8, 4) is 21.6 Å². The van der Waals surface area contributed by atoms with Gasteiger partial charge in [0.25, 0.3) is 0 Å². The molecule has 0 bridgehead atoms. The molecule has 0 spiro atoms. The maximum absolute atomic E-state index is 15.1. The number of thiazole rings is 1. The summed E-state index contributed by atoms with van der Waals surface area (Å²) < 4.78 is 25.7. The standard InChI is InChI=1S/C62H61FN6O7S/c1-61(2,3)76-59(73)66-52-38-68(60(74)75-39-50-48-25-15-13-23-46(48)47-24-14-16-26-49(47)50)36-35-45-31-33-53(69(45)58(52)72)56(71)65-51(57-64-37-54(77-57)40-27-29-44(63)30-28-40)32-34-55(70)67-62(41-17-7-4-8-18-41,42-19-9-5-10-20-42)43-21-11-6-12-22-43/h4-30,37,45,50-53H,31-36,38-39H2,1-3H3,(H,65,71)(H,66,73)(H,67,70)/t45-,51+,52+,53+/m1/s1. The van der Waals surface area contributed by atoms with Gasteiger partial charge in [-0.3, -0.25) is 14.4 Å². The number of nitrogens with zero attached hydrogens (tertiary/aromatic N) is 3. The Morgan fingerprint density at radius 2 is 1.31 bits per heavy atom. The second kappa shape index (κ2) is 22.6. The fraction of sp³-hybridized carbons (Fsp3) is 0.290. The number of benzene rings is 6. The van der Waals surface area contributed by atoms with E-state index in [1.165, 1.54) is 28.4 Å². The average molecular weight is 1050 g/mol. The van der Waals surface area contributed by atoms with Crippen molar-refractivity contribution in [3.63, 3.8) is 0 Å². The van der Waals surface area contributed by atoms with Gasteiger partial charge in [0.15, 0.2) is 0 Å². The van der Waals surface area contributed by atoms with Gasteiger partial charge in [0, 0.05) is 31.1 Å². The van der Waals surface area contributed by atoms with Gasteiger partial charge in [-0.2, -0.15) is 0 Å². The summed E-state index contributed by atoms with van der Waals surface area (Å²) in [6.45, 7) is 5.16. The zero-order chi connectivity index (χ0) is 53.7. The lowest BCUT2D eigenvalue weighted by atomic mass is 9.77. The van der Waals surface area contributed by atoms with Gasteiger partial charge in [0.2, 0.25) is 17.7 Å². The SMILES string of the molecule is CC(C)(C)OC(=O)N[C@H]1CN(C(=O)OCC2c3ccccc3-c3ccccc32)CC[C@H]2CC[C@@H](C(=O)N[C@@H](CCC(=O)NC(c3ccccc3)(c3ccccc3)c3ccccc3)c3ncc(-c4ccc(F)cc4)s3)N2C1=O. The molecule has 1 aliphatic carbocycles. The minimum Gasteiger partial charge on any atom is -0.448 e. The van der Waals surface area contributed by atoms with Gasteiger partial charge in [0.1, 0.15) is 40.7 Å². The third kappa shape index (κ3) is 11.4. The lowest BCUT2D eigenvalue weighted by molar-refractivity contribution is -0.143. The summed E-state index contributed by atoms with van der Waals surface area (Å²) in [5.41, 5.74) is 5.63. The van der Waals surface area contributed by atoms with E-state index in [-0.39, 0.29) is 50.2 Å². The van der Waals surface area contributed by atoms with Crippen LogP contribution in [0.25, 0.3) is 21.6 Å². The summed E-state index contributed by atoms with van der Waals surface area (Å²) in [5.74, 6) is -1.85. The predicted octanol–water partition coefficient (Wildman–Crippen LogP) is 10.9. The highest BCUT2D eigenvalue weighted by molar-refractivity contribution is 7.15. The molecule has 1 aromatic heterocycles. The first-order chi connectivity index (χ1) is 37.3. The number of fused-ring (bicyclic) bond motifs is 4. The van der Waals surface area contributed by atoms with Crippen molar-refractivity contribution in [2.45, 2.75) is 94.1 Å². The minimum atomic E-state index is -1.29. The summed E-state index contributed by atoms with van der Waals surface area (Å²) in [4.78, 5) is 80.9. The van der Waals surface area contributed by atoms with Crippen LogP contribution < -0.4 is 16.0 Å². The number of alkyl carbamates (subject to hydrolysis) is 1. The van der Waals surface area contributed by atoms with Gasteiger partial charge in [-0.1, -0.05) is 152 Å². The lowest BCUT2D eigenvalue weighted by Crippen LogP contribution is -2.61. The van der Waals surface area contributed by atoms with Crippen molar-refractivity contribution in [2.75, 3.05) is 19.7 Å². The molecule has 3 N–H and O–H groups in total. The minimum absolute atomic E-state index is 0.0336. The van der Waals surface area contributed by atoms with Gasteiger partial charge in [-0.15, -0.1) is 11.3 Å². The highest BCUT2D eigenvalue weighted by Crippen LogP contribution is 2.45. The average Bonchev–Trinajstić information content (AvgIpc) is 4.20. The topological polar surface area (TPSA) is 159 Å². The van der Waals surface area contributed by atoms with Crippen molar-refractivity contribution in [1.82, 2.24) is 30.7 Å². The fourth-order valence-electron chi connectivity index (χ4n) is 11.1. The molecule has 3 aliphatic rings. The number of carbonyl (C=O) groups is 5. The number of amides is 5. The number of aromatic nitrogens is 1. The summed E-state index contributed by atoms with van der Waals surface area (Å²) in [6.07, 6.45) is 1.38. The number of rotatable bonds is 14. The summed E-state index contributed by atoms with van der Waals surface area (Å²) >= 11 is 1.32. The Hall–Kier alpha value is -8.17. The molecule has 394 valence electrons. The molecule has 13 nitrogen and oxygen atoms in total. The van der Waals surface area contributed by atoms with E-state index in [9.17, 15) is 23.6 Å². The largest absolute Gasteiger partial charge is 0.448 e. The summed E-state index contributed by atoms with van der Waals surface area (Å²) in [6, 6.07) is 48.0. The van der Waals surface area contributed by atoms with Crippen LogP contribution in [-0.4, -0.2) is 88.1 Å². The molecule has 4 atom stereocenters. The molecule has 77 heavy (non-hydrogen) atoms. The Morgan fingerprint density at radius 1 is 0.740 bits per heavy atom. The zero-order valence-electron chi connectivity index (χ0n) is 43.2. The van der Waals surface area contributed by atoms with Crippen LogP contribution in [-0.2, 0) is 29.4 Å². The van der Waals surface area contributed by atoms with Crippen LogP contribution in [0.3, 0.4) is 0 Å². The highest BCUT2D eigenvalue weighted by atomic mass is 32.1. The zero-order valence-corrected chi connectivity index (χ0v) is 44.0. The molecular formula is C62H61FN6O7S. The molecule has 5 amide bonds. The van der Waals surface area contributed by atoms with Gasteiger partial charge < -0.3 is 35.2 Å². The Balaban J connectivity index is 0.901. The number of nitrogens with one attached hydrogen (secondary N) is 3. The maximum Gasteiger partial charge on any atom is 0.409 e. The van der Waals surface area contributed by atoms with Crippen molar-refractivity contribution in [1.29, 1.82) is 0 Å². The van der Waals surface area contributed by atoms with E-state index in [1.54, 1.807) is 44.0 Å². The van der Waals surface area contributed by atoms with Gasteiger partial charge in [-0.25, -0.2) is 19.0 Å². The van der Waals surface area contributed by atoms with E-state index in [4.69, 9.17) is 14.5 Å². The number of hydrogen-bond donors (Lipinski definition) is 3. The van der Waals surface area contributed by atoms with Gasteiger partial charge >= 0.3 is 12.2 Å². The Labute approximate surface area is 451 Å². The summed E-state index contributed by atoms with van der Waals surface area (Å²) in [5, 5.41) is 9.88. The monoisotopic (exact) mass is 1050 g/mol. The number of ether oxygens (including phenoxy) is 2. The van der Waals surface area contributed by atoms with Crippen LogP contribution in [0.1, 0.15) is 97.7 Å². The van der Waals surface area contributed by atoms with E-state index in [0.29, 0.717) is 24.3 Å². The Bertz CT molecular complexity index is 3100. The van der Waals surface area contributed by atoms with Gasteiger partial charge in [-0.05, 0) is 103 Å². The molecule has 10 rings (SSSR count). The van der Waals surface area contributed by atoms with Crippen LogP contribution in [0.4, 0.5) is 14.0 Å². The second-order valence-electron chi connectivity index (χ2n) is 20.8. The molecule has 2 saturated heterocycles. The summed E-state index contributed by atoms with van der Waals surface area (Å²) in [7, 11) is 0. The van der Waals surface area contributed by atoms with Crippen LogP contribution in [0.5, 0.6) is 0 Å². The maximum atomic E-state index is 15.1. The number of carbonyl (C=O) groups excluding carboxylic acids is 5. The van der Waals surface area contributed by atoms with Crippen LogP contribution >= 0.6 is 11.3 Å². The smallest absolute Gasteiger partial charge is 0.409 e. The normalized spacial score (nSPS) is 17.7. The second-order valence-corrected chi connectivity index (χ2v) is 21.9. The Kier molecular flexibility index (Phi) is 15.3. The first kappa shape index (κ1) is 52.3. The number of hydrogen-bond acceptors (Lipinski definition) is 9. The van der Waals surface area contributed by atoms with Crippen molar-refractivity contribution >= 4 is 41.2 Å². The molecule has 2 fully saturated rings. The lowest BCUT2D eigenvalue weighted by Gasteiger charge is -2.38. The van der Waals surface area contributed by atoms with Crippen molar-refractivity contribution < 1.29 is 37.8 Å². The van der Waals surface area contributed by atoms with Crippen molar-refractivity contribution in [3.05, 3.63) is 209 Å². The molecule has 0 radical (unpaired) electrons. The molecule has 6 aromatic carbocycles. The fourth-order valence-corrected chi connectivity index (χ4v) is 12.1. The Morgan fingerprint density at radius 3 is 1.90 bits per heavy atom. The molecular weight excluding hydrogens is 992 g/mol. The molecule has 0 unspecified atom stereocenters. The van der Waals surface area contributed by atoms with Crippen molar-refractivity contribution in [2.24, 2.45) is 0 Å². The van der Waals surface area contributed by atoms with E-state index < -0.39 is 59.3 Å². The van der Waals surface area contributed by atoms with Gasteiger partial charge in [0.05, 0.1) is 17.5 Å².